The van der Waals surface area contributed by atoms with Crippen LogP contribution in [0.3, 0.4) is 0 Å². The van der Waals surface area contributed by atoms with Crippen molar-refractivity contribution in [2.24, 2.45) is 0 Å². The molecule has 0 aliphatic rings. The van der Waals surface area contributed by atoms with Gasteiger partial charge in [0.25, 0.3) is 5.56 Å². The van der Waals surface area contributed by atoms with Crippen LogP contribution in [0.1, 0.15) is 31.4 Å². The lowest BCUT2D eigenvalue weighted by molar-refractivity contribution is -0.123. The third kappa shape index (κ3) is 4.20. The normalized spacial score (nSPS) is 13.0. The molecule has 2 amide bonds. The Balaban J connectivity index is 1.94. The highest BCUT2D eigenvalue weighted by molar-refractivity contribution is 6.42. The monoisotopic (exact) mass is 445 g/mol. The Bertz CT molecular complexity index is 1190. The average molecular weight is 446 g/mol. The lowest BCUT2D eigenvalue weighted by Crippen LogP contribution is -2.33. The zero-order valence-corrected chi connectivity index (χ0v) is 18.2. The van der Waals surface area contributed by atoms with Gasteiger partial charge in [-0.15, -0.1) is 0 Å². The molecule has 0 fully saturated rings. The Morgan fingerprint density at radius 2 is 1.70 bits per heavy atom. The van der Waals surface area contributed by atoms with E-state index in [1.807, 2.05) is 0 Å². The third-order valence-electron chi connectivity index (χ3n) is 5.11. The van der Waals surface area contributed by atoms with Crippen LogP contribution in [0, 0.1) is 0 Å². The standard InChI is InChI=1S/C22H21Cl2N3O3/c1-12(14-7-8-17(23)18(24)11-14)20(28)26-19-6-4-5-16-15(19)9-10-27(22(16)30)13(2)21(29)25-3/h4-13H,1-3H3,(H,25,29)(H,26,28). The van der Waals surface area contributed by atoms with E-state index >= 15 is 0 Å². The van der Waals surface area contributed by atoms with Gasteiger partial charge in [-0.1, -0.05) is 35.3 Å². The number of carbonyl (C=O) groups is 2. The molecule has 6 nitrogen and oxygen atoms in total. The van der Waals surface area contributed by atoms with Gasteiger partial charge in [-0.3, -0.25) is 14.4 Å². The molecule has 0 aliphatic carbocycles. The SMILES string of the molecule is CNC(=O)C(C)n1ccc2c(NC(=O)C(C)c3ccc(Cl)c(Cl)c3)cccc2c1=O. The Hall–Kier alpha value is -2.83. The number of fused-ring (bicyclic) bond motifs is 1. The molecule has 156 valence electrons. The molecule has 3 aromatic rings. The zero-order chi connectivity index (χ0) is 22.0. The topological polar surface area (TPSA) is 80.2 Å². The van der Waals surface area contributed by atoms with Gasteiger partial charge < -0.3 is 15.2 Å². The molecule has 1 heterocycles. The van der Waals surface area contributed by atoms with Gasteiger partial charge in [0.1, 0.15) is 6.04 Å². The number of anilines is 1. The number of hydrogen-bond acceptors (Lipinski definition) is 3. The number of halogens is 2. The molecule has 2 aromatic carbocycles. The number of hydrogen-bond donors (Lipinski definition) is 2. The van der Waals surface area contributed by atoms with Gasteiger partial charge >= 0.3 is 0 Å². The fourth-order valence-corrected chi connectivity index (χ4v) is 3.52. The summed E-state index contributed by atoms with van der Waals surface area (Å²) in [6.45, 7) is 3.41. The fourth-order valence-electron chi connectivity index (χ4n) is 3.22. The summed E-state index contributed by atoms with van der Waals surface area (Å²) in [5.41, 5.74) is 0.933. The van der Waals surface area contributed by atoms with E-state index < -0.39 is 12.0 Å². The highest BCUT2D eigenvalue weighted by atomic mass is 35.5. The van der Waals surface area contributed by atoms with Crippen molar-refractivity contribution in [3.63, 3.8) is 0 Å². The fraction of sp³-hybridized carbons (Fsp3) is 0.227. The van der Waals surface area contributed by atoms with Crippen molar-refractivity contribution in [3.05, 3.63) is 74.6 Å². The summed E-state index contributed by atoms with van der Waals surface area (Å²) in [5.74, 6) is -0.996. The summed E-state index contributed by atoms with van der Waals surface area (Å²) in [7, 11) is 1.52. The number of amides is 2. The number of likely N-dealkylation sites (N-methyl/N-ethyl adjacent to an activating group) is 1. The molecule has 3 rings (SSSR count). The molecule has 8 heteroatoms. The van der Waals surface area contributed by atoms with E-state index in [1.165, 1.54) is 11.6 Å². The number of pyridine rings is 1. The molecular weight excluding hydrogens is 425 g/mol. The summed E-state index contributed by atoms with van der Waals surface area (Å²) in [6.07, 6.45) is 1.56. The lowest BCUT2D eigenvalue weighted by Gasteiger charge is -2.17. The second-order valence-corrected chi connectivity index (χ2v) is 7.78. The number of carbonyl (C=O) groups excluding carboxylic acids is 2. The maximum atomic E-state index is 12.9. The van der Waals surface area contributed by atoms with E-state index in [-0.39, 0.29) is 17.4 Å². The molecular formula is C22H21Cl2N3O3. The molecule has 2 atom stereocenters. The minimum atomic E-state index is -0.653. The molecule has 0 radical (unpaired) electrons. The van der Waals surface area contributed by atoms with Crippen LogP contribution in [0.4, 0.5) is 5.69 Å². The van der Waals surface area contributed by atoms with Gasteiger partial charge in [0.15, 0.2) is 0 Å². The Morgan fingerprint density at radius 1 is 0.967 bits per heavy atom. The maximum absolute atomic E-state index is 12.9. The number of aromatic nitrogens is 1. The van der Waals surface area contributed by atoms with E-state index in [0.29, 0.717) is 26.5 Å². The molecule has 2 unspecified atom stereocenters. The Kier molecular flexibility index (Phi) is 6.48. The van der Waals surface area contributed by atoms with Crippen LogP contribution in [-0.4, -0.2) is 23.4 Å². The predicted octanol–water partition coefficient (Wildman–Crippen LogP) is 4.36. The van der Waals surface area contributed by atoms with E-state index in [4.69, 9.17) is 23.2 Å². The van der Waals surface area contributed by atoms with E-state index in [0.717, 1.165) is 5.56 Å². The van der Waals surface area contributed by atoms with Gasteiger partial charge in [0, 0.05) is 29.7 Å². The molecule has 30 heavy (non-hydrogen) atoms. The second kappa shape index (κ2) is 8.90. The minimum absolute atomic E-state index is 0.246. The van der Waals surface area contributed by atoms with Crippen LogP contribution in [-0.2, 0) is 9.59 Å². The van der Waals surface area contributed by atoms with Crippen molar-refractivity contribution >= 4 is 51.5 Å². The van der Waals surface area contributed by atoms with Gasteiger partial charge in [-0.2, -0.15) is 0 Å². The first-order valence-electron chi connectivity index (χ1n) is 9.36. The van der Waals surface area contributed by atoms with Crippen LogP contribution in [0.2, 0.25) is 10.0 Å². The highest BCUT2D eigenvalue weighted by Gasteiger charge is 2.19. The summed E-state index contributed by atoms with van der Waals surface area (Å²) in [4.78, 5) is 37.6. The van der Waals surface area contributed by atoms with Crippen molar-refractivity contribution in [1.82, 2.24) is 9.88 Å². The van der Waals surface area contributed by atoms with Crippen molar-refractivity contribution in [3.8, 4) is 0 Å². The van der Waals surface area contributed by atoms with Crippen molar-refractivity contribution in [1.29, 1.82) is 0 Å². The van der Waals surface area contributed by atoms with Crippen molar-refractivity contribution < 1.29 is 9.59 Å². The molecule has 0 saturated carbocycles. The molecule has 1 aromatic heterocycles. The van der Waals surface area contributed by atoms with Crippen LogP contribution < -0.4 is 16.2 Å². The first-order chi connectivity index (χ1) is 14.2. The van der Waals surface area contributed by atoms with E-state index in [2.05, 4.69) is 10.6 Å². The first-order valence-corrected chi connectivity index (χ1v) is 10.1. The molecule has 0 saturated heterocycles. The van der Waals surface area contributed by atoms with E-state index in [1.54, 1.807) is 62.5 Å². The number of nitrogens with zero attached hydrogens (tertiary/aromatic N) is 1. The maximum Gasteiger partial charge on any atom is 0.259 e. The van der Waals surface area contributed by atoms with Gasteiger partial charge in [-0.25, -0.2) is 0 Å². The number of rotatable bonds is 5. The van der Waals surface area contributed by atoms with Crippen LogP contribution >= 0.6 is 23.2 Å². The molecule has 0 spiro atoms. The predicted molar refractivity (Wildman–Crippen MR) is 120 cm³/mol. The van der Waals surface area contributed by atoms with Gasteiger partial charge in [0.2, 0.25) is 11.8 Å². The van der Waals surface area contributed by atoms with Gasteiger partial charge in [-0.05, 0) is 49.7 Å². The second-order valence-electron chi connectivity index (χ2n) is 6.97. The number of nitrogens with one attached hydrogen (secondary N) is 2. The first kappa shape index (κ1) is 21.9. The summed E-state index contributed by atoms with van der Waals surface area (Å²) in [5, 5.41) is 7.23. The molecule has 0 aliphatic heterocycles. The largest absolute Gasteiger partial charge is 0.357 e. The van der Waals surface area contributed by atoms with Crippen LogP contribution in [0.25, 0.3) is 10.8 Å². The van der Waals surface area contributed by atoms with Crippen molar-refractivity contribution in [2.45, 2.75) is 25.8 Å². The lowest BCUT2D eigenvalue weighted by atomic mass is 10.00. The zero-order valence-electron chi connectivity index (χ0n) is 16.7. The van der Waals surface area contributed by atoms with Crippen molar-refractivity contribution in [2.75, 3.05) is 12.4 Å². The summed E-state index contributed by atoms with van der Waals surface area (Å²) in [6, 6.07) is 11.2. The summed E-state index contributed by atoms with van der Waals surface area (Å²) >= 11 is 12.0. The average Bonchev–Trinajstić information content (AvgIpc) is 2.74. The van der Waals surface area contributed by atoms with Gasteiger partial charge in [0.05, 0.1) is 16.0 Å². The minimum Gasteiger partial charge on any atom is -0.357 e. The number of benzene rings is 2. The smallest absolute Gasteiger partial charge is 0.259 e. The Morgan fingerprint density at radius 3 is 2.37 bits per heavy atom. The van der Waals surface area contributed by atoms with Crippen LogP contribution in [0.5, 0.6) is 0 Å². The van der Waals surface area contributed by atoms with Crippen LogP contribution in [0.15, 0.2) is 53.5 Å². The molecule has 2 N–H and O–H groups in total. The summed E-state index contributed by atoms with van der Waals surface area (Å²) < 4.78 is 1.37. The molecule has 0 bridgehead atoms. The highest BCUT2D eigenvalue weighted by Crippen LogP contribution is 2.28. The quantitative estimate of drug-likeness (QED) is 0.611. The van der Waals surface area contributed by atoms with E-state index in [9.17, 15) is 14.4 Å². The third-order valence-corrected chi connectivity index (χ3v) is 5.85. The Labute approximate surface area is 183 Å².